The second kappa shape index (κ2) is 4.89. The number of pyridine rings is 1. The minimum Gasteiger partial charge on any atom is -0.396 e. The summed E-state index contributed by atoms with van der Waals surface area (Å²) >= 11 is 5.78. The van der Waals surface area contributed by atoms with Crippen molar-refractivity contribution in [2.45, 2.75) is 19.4 Å². The van der Waals surface area contributed by atoms with Gasteiger partial charge in [0.05, 0.1) is 10.7 Å². The minimum absolute atomic E-state index is 0.0355. The van der Waals surface area contributed by atoms with Gasteiger partial charge < -0.3 is 16.0 Å². The first-order chi connectivity index (χ1) is 7.33. The molecule has 16 heavy (non-hydrogen) atoms. The molecule has 0 radical (unpaired) electrons. The Bertz CT molecular complexity index is 363. The van der Waals surface area contributed by atoms with Crippen LogP contribution in [0.2, 0.25) is 5.02 Å². The molecular weight excluding hydrogens is 224 g/mol. The Balaban J connectivity index is 2.68. The summed E-state index contributed by atoms with van der Waals surface area (Å²) in [5.74, 6) is 0.680. The zero-order valence-electron chi connectivity index (χ0n) is 10.2. The normalized spacial score (nSPS) is 11.9. The largest absolute Gasteiger partial charge is 0.396 e. The Morgan fingerprint density at radius 2 is 2.12 bits per heavy atom. The number of nitrogens with zero attached hydrogens (tertiary/aromatic N) is 2. The lowest BCUT2D eigenvalue weighted by atomic mass is 10.0. The standard InChI is InChI=1S/C11H19ClN4/c1-11(2,16(3)4)7-15-10-9(13)5-8(12)6-14-10/h5-6H,7,13H2,1-4H3,(H,14,15). The summed E-state index contributed by atoms with van der Waals surface area (Å²) in [4.78, 5) is 6.30. The van der Waals surface area contributed by atoms with Crippen LogP contribution in [0.1, 0.15) is 13.8 Å². The number of rotatable bonds is 4. The number of nitrogens with two attached hydrogens (primary N) is 1. The molecule has 0 saturated heterocycles. The quantitative estimate of drug-likeness (QED) is 0.849. The molecule has 0 fully saturated rings. The lowest BCUT2D eigenvalue weighted by Crippen LogP contribution is -2.44. The van der Waals surface area contributed by atoms with E-state index < -0.39 is 0 Å². The molecule has 0 aliphatic rings. The Hall–Kier alpha value is -1.00. The third-order valence-electron chi connectivity index (χ3n) is 2.78. The van der Waals surface area contributed by atoms with Crippen molar-refractivity contribution in [3.05, 3.63) is 17.3 Å². The van der Waals surface area contributed by atoms with Crippen molar-refractivity contribution in [3.8, 4) is 0 Å². The van der Waals surface area contributed by atoms with Crippen LogP contribution in [0, 0.1) is 0 Å². The monoisotopic (exact) mass is 242 g/mol. The number of nitrogen functional groups attached to an aromatic ring is 1. The second-order valence-electron chi connectivity index (χ2n) is 4.65. The third kappa shape index (κ3) is 3.25. The highest BCUT2D eigenvalue weighted by Gasteiger charge is 2.20. The highest BCUT2D eigenvalue weighted by Crippen LogP contribution is 2.20. The molecule has 0 aromatic carbocycles. The van der Waals surface area contributed by atoms with Crippen LogP contribution >= 0.6 is 11.6 Å². The van der Waals surface area contributed by atoms with Crippen LogP contribution in [0.15, 0.2) is 12.3 Å². The fraction of sp³-hybridized carbons (Fsp3) is 0.545. The molecule has 4 nitrogen and oxygen atoms in total. The Kier molecular flexibility index (Phi) is 3.99. The average molecular weight is 243 g/mol. The number of halogens is 1. The minimum atomic E-state index is 0.0355. The van der Waals surface area contributed by atoms with Gasteiger partial charge in [-0.15, -0.1) is 0 Å². The van der Waals surface area contributed by atoms with Crippen LogP contribution in [0.5, 0.6) is 0 Å². The summed E-state index contributed by atoms with van der Waals surface area (Å²) in [5.41, 5.74) is 6.41. The highest BCUT2D eigenvalue weighted by molar-refractivity contribution is 6.30. The molecule has 1 rings (SSSR count). The molecule has 0 atom stereocenters. The maximum Gasteiger partial charge on any atom is 0.149 e. The van der Waals surface area contributed by atoms with Gasteiger partial charge in [0.25, 0.3) is 0 Å². The van der Waals surface area contributed by atoms with Gasteiger partial charge in [-0.05, 0) is 34.0 Å². The summed E-state index contributed by atoms with van der Waals surface area (Å²) in [6, 6.07) is 1.69. The molecular formula is C11H19ClN4. The van der Waals surface area contributed by atoms with Crippen molar-refractivity contribution in [2.75, 3.05) is 31.7 Å². The third-order valence-corrected chi connectivity index (χ3v) is 2.99. The number of nitrogens with one attached hydrogen (secondary N) is 1. The van der Waals surface area contributed by atoms with Crippen LogP contribution in [0.25, 0.3) is 0 Å². The molecule has 0 aliphatic heterocycles. The summed E-state index contributed by atoms with van der Waals surface area (Å²) in [6.45, 7) is 5.05. The SMILES string of the molecule is CN(C)C(C)(C)CNc1ncc(Cl)cc1N. The van der Waals surface area contributed by atoms with E-state index in [9.17, 15) is 0 Å². The van der Waals surface area contributed by atoms with E-state index in [1.54, 1.807) is 12.3 Å². The zero-order chi connectivity index (χ0) is 12.3. The van der Waals surface area contributed by atoms with Gasteiger partial charge in [-0.1, -0.05) is 11.6 Å². The lowest BCUT2D eigenvalue weighted by Gasteiger charge is -2.32. The molecule has 5 heteroatoms. The van der Waals surface area contributed by atoms with E-state index >= 15 is 0 Å². The van der Waals surface area contributed by atoms with Gasteiger partial charge in [0, 0.05) is 18.3 Å². The van der Waals surface area contributed by atoms with Crippen LogP contribution in [0.3, 0.4) is 0 Å². The van der Waals surface area contributed by atoms with Crippen molar-refractivity contribution >= 4 is 23.1 Å². The number of likely N-dealkylation sites (N-methyl/N-ethyl adjacent to an activating group) is 1. The predicted octanol–water partition coefficient (Wildman–Crippen LogP) is 2.07. The summed E-state index contributed by atoms with van der Waals surface area (Å²) in [6.07, 6.45) is 1.59. The van der Waals surface area contributed by atoms with E-state index in [0.717, 1.165) is 6.54 Å². The van der Waals surface area contributed by atoms with E-state index in [1.807, 2.05) is 14.1 Å². The predicted molar refractivity (Wildman–Crippen MR) is 69.9 cm³/mol. The van der Waals surface area contributed by atoms with Crippen LogP contribution in [0.4, 0.5) is 11.5 Å². The van der Waals surface area contributed by atoms with E-state index in [-0.39, 0.29) is 5.54 Å². The smallest absolute Gasteiger partial charge is 0.149 e. The van der Waals surface area contributed by atoms with Gasteiger partial charge in [-0.25, -0.2) is 4.98 Å². The van der Waals surface area contributed by atoms with Gasteiger partial charge in [0.1, 0.15) is 5.82 Å². The van der Waals surface area contributed by atoms with Gasteiger partial charge in [-0.3, -0.25) is 0 Å². The maximum absolute atomic E-state index is 5.80. The average Bonchev–Trinajstić information content (AvgIpc) is 2.16. The van der Waals surface area contributed by atoms with E-state index in [4.69, 9.17) is 17.3 Å². The first-order valence-corrected chi connectivity index (χ1v) is 5.53. The maximum atomic E-state index is 5.80. The van der Waals surface area contributed by atoms with Crippen molar-refractivity contribution in [3.63, 3.8) is 0 Å². The van der Waals surface area contributed by atoms with Gasteiger partial charge in [0.2, 0.25) is 0 Å². The molecule has 1 aromatic rings. The fourth-order valence-corrected chi connectivity index (χ4v) is 1.23. The molecule has 90 valence electrons. The molecule has 0 saturated carbocycles. The van der Waals surface area contributed by atoms with Gasteiger partial charge in [0.15, 0.2) is 0 Å². The Morgan fingerprint density at radius 1 is 1.50 bits per heavy atom. The first-order valence-electron chi connectivity index (χ1n) is 5.15. The van der Waals surface area contributed by atoms with Gasteiger partial charge in [-0.2, -0.15) is 0 Å². The fourth-order valence-electron chi connectivity index (χ4n) is 1.06. The lowest BCUT2D eigenvalue weighted by molar-refractivity contribution is 0.210. The number of aromatic nitrogens is 1. The summed E-state index contributed by atoms with van der Waals surface area (Å²) < 4.78 is 0. The van der Waals surface area contributed by atoms with Crippen LogP contribution < -0.4 is 11.1 Å². The first kappa shape index (κ1) is 13.1. The van der Waals surface area contributed by atoms with Crippen LogP contribution in [-0.4, -0.2) is 36.1 Å². The molecule has 0 unspecified atom stereocenters. The van der Waals surface area contributed by atoms with E-state index in [1.165, 1.54) is 0 Å². The molecule has 0 spiro atoms. The molecule has 1 heterocycles. The molecule has 0 amide bonds. The van der Waals surface area contributed by atoms with Crippen LogP contribution in [-0.2, 0) is 0 Å². The summed E-state index contributed by atoms with van der Waals surface area (Å²) in [5, 5.41) is 3.78. The highest BCUT2D eigenvalue weighted by atomic mass is 35.5. The Labute approximate surface area is 102 Å². The summed E-state index contributed by atoms with van der Waals surface area (Å²) in [7, 11) is 4.08. The van der Waals surface area contributed by atoms with Crippen molar-refractivity contribution < 1.29 is 0 Å². The molecule has 1 aromatic heterocycles. The molecule has 0 aliphatic carbocycles. The number of hydrogen-bond donors (Lipinski definition) is 2. The molecule has 3 N–H and O–H groups in total. The van der Waals surface area contributed by atoms with Crippen molar-refractivity contribution in [1.82, 2.24) is 9.88 Å². The van der Waals surface area contributed by atoms with E-state index in [0.29, 0.717) is 16.5 Å². The van der Waals surface area contributed by atoms with Gasteiger partial charge >= 0.3 is 0 Å². The molecule has 0 bridgehead atoms. The number of hydrogen-bond acceptors (Lipinski definition) is 4. The van der Waals surface area contributed by atoms with Crippen molar-refractivity contribution in [1.29, 1.82) is 0 Å². The topological polar surface area (TPSA) is 54.2 Å². The second-order valence-corrected chi connectivity index (χ2v) is 5.09. The van der Waals surface area contributed by atoms with E-state index in [2.05, 4.69) is 29.0 Å². The zero-order valence-corrected chi connectivity index (χ0v) is 11.0. The number of anilines is 2. The van der Waals surface area contributed by atoms with Crippen molar-refractivity contribution in [2.24, 2.45) is 0 Å². The Morgan fingerprint density at radius 3 is 2.62 bits per heavy atom.